The third-order valence-electron chi connectivity index (χ3n) is 2.61. The second-order valence-corrected chi connectivity index (χ2v) is 4.20. The van der Waals surface area contributed by atoms with Crippen molar-refractivity contribution in [1.82, 2.24) is 5.32 Å². The van der Waals surface area contributed by atoms with Crippen LogP contribution in [0.15, 0.2) is 24.3 Å². The molecule has 1 aromatic rings. The van der Waals surface area contributed by atoms with Crippen LogP contribution < -0.4 is 10.1 Å². The molecule has 0 aromatic heterocycles. The number of methoxy groups -OCH3 is 2. The van der Waals surface area contributed by atoms with Crippen LogP contribution in [-0.4, -0.2) is 40.1 Å². The Bertz CT molecular complexity index is 313. The monoisotopic (exact) mass is 253 g/mol. The SMILES string of the molecule is COCCOCC(C)NCc1ccc(OC)cc1. The zero-order valence-corrected chi connectivity index (χ0v) is 11.4. The van der Waals surface area contributed by atoms with Crippen LogP contribution in [0.4, 0.5) is 0 Å². The van der Waals surface area contributed by atoms with Gasteiger partial charge in [-0.15, -0.1) is 0 Å². The summed E-state index contributed by atoms with van der Waals surface area (Å²) >= 11 is 0. The molecule has 4 nitrogen and oxygen atoms in total. The van der Waals surface area contributed by atoms with Crippen molar-refractivity contribution in [3.8, 4) is 5.75 Å². The van der Waals surface area contributed by atoms with Gasteiger partial charge in [-0.05, 0) is 24.6 Å². The van der Waals surface area contributed by atoms with Crippen molar-refractivity contribution in [2.75, 3.05) is 34.0 Å². The predicted molar refractivity (Wildman–Crippen MR) is 72.0 cm³/mol. The molecular weight excluding hydrogens is 230 g/mol. The molecule has 18 heavy (non-hydrogen) atoms. The van der Waals surface area contributed by atoms with Crippen LogP contribution in [0.2, 0.25) is 0 Å². The standard InChI is InChI=1S/C14H23NO3/c1-12(11-18-9-8-16-2)15-10-13-4-6-14(17-3)7-5-13/h4-7,12,15H,8-11H2,1-3H3. The van der Waals surface area contributed by atoms with Crippen molar-refractivity contribution in [2.24, 2.45) is 0 Å². The molecule has 1 N–H and O–H groups in total. The van der Waals surface area contributed by atoms with Crippen LogP contribution in [0.1, 0.15) is 12.5 Å². The third kappa shape index (κ3) is 6.00. The van der Waals surface area contributed by atoms with Crippen molar-refractivity contribution in [2.45, 2.75) is 19.5 Å². The van der Waals surface area contributed by atoms with Gasteiger partial charge in [-0.2, -0.15) is 0 Å². The smallest absolute Gasteiger partial charge is 0.118 e. The van der Waals surface area contributed by atoms with E-state index in [1.165, 1.54) is 5.56 Å². The highest BCUT2D eigenvalue weighted by Gasteiger charge is 2.01. The van der Waals surface area contributed by atoms with Gasteiger partial charge in [-0.25, -0.2) is 0 Å². The Kier molecular flexibility index (Phi) is 7.41. The zero-order valence-electron chi connectivity index (χ0n) is 11.4. The summed E-state index contributed by atoms with van der Waals surface area (Å²) in [6.07, 6.45) is 0. The first kappa shape index (κ1) is 15.0. The van der Waals surface area contributed by atoms with Gasteiger partial charge >= 0.3 is 0 Å². The molecule has 0 fully saturated rings. The highest BCUT2D eigenvalue weighted by Crippen LogP contribution is 2.11. The highest BCUT2D eigenvalue weighted by atomic mass is 16.5. The Morgan fingerprint density at radius 2 is 1.83 bits per heavy atom. The normalized spacial score (nSPS) is 12.4. The fourth-order valence-electron chi connectivity index (χ4n) is 1.50. The first-order valence-corrected chi connectivity index (χ1v) is 6.19. The van der Waals surface area contributed by atoms with Crippen molar-refractivity contribution in [3.63, 3.8) is 0 Å². The van der Waals surface area contributed by atoms with Crippen LogP contribution in [0.5, 0.6) is 5.75 Å². The van der Waals surface area contributed by atoms with Crippen molar-refractivity contribution < 1.29 is 14.2 Å². The van der Waals surface area contributed by atoms with E-state index in [2.05, 4.69) is 24.4 Å². The van der Waals surface area contributed by atoms with Crippen LogP contribution in [0.3, 0.4) is 0 Å². The molecule has 0 radical (unpaired) electrons. The van der Waals surface area contributed by atoms with E-state index in [0.29, 0.717) is 25.9 Å². The van der Waals surface area contributed by atoms with Gasteiger partial charge in [0.15, 0.2) is 0 Å². The Morgan fingerprint density at radius 1 is 1.11 bits per heavy atom. The first-order chi connectivity index (χ1) is 8.76. The summed E-state index contributed by atoms with van der Waals surface area (Å²) in [5.74, 6) is 0.884. The first-order valence-electron chi connectivity index (χ1n) is 6.19. The molecule has 0 aliphatic heterocycles. The van der Waals surface area contributed by atoms with E-state index >= 15 is 0 Å². The van der Waals surface area contributed by atoms with Gasteiger partial charge in [0.2, 0.25) is 0 Å². The van der Waals surface area contributed by atoms with Crippen molar-refractivity contribution in [3.05, 3.63) is 29.8 Å². The van der Waals surface area contributed by atoms with E-state index < -0.39 is 0 Å². The number of nitrogens with one attached hydrogen (secondary N) is 1. The maximum absolute atomic E-state index is 5.45. The number of benzene rings is 1. The molecule has 0 spiro atoms. The van der Waals surface area contributed by atoms with Gasteiger partial charge in [-0.1, -0.05) is 12.1 Å². The highest BCUT2D eigenvalue weighted by molar-refractivity contribution is 5.26. The van der Waals surface area contributed by atoms with Gasteiger partial charge in [0, 0.05) is 19.7 Å². The van der Waals surface area contributed by atoms with Gasteiger partial charge in [-0.3, -0.25) is 0 Å². The zero-order chi connectivity index (χ0) is 13.2. The summed E-state index contributed by atoms with van der Waals surface area (Å²) in [4.78, 5) is 0. The molecule has 0 saturated heterocycles. The minimum absolute atomic E-state index is 0.323. The summed E-state index contributed by atoms with van der Waals surface area (Å²) in [6, 6.07) is 8.38. The molecule has 0 aliphatic rings. The van der Waals surface area contributed by atoms with E-state index in [1.807, 2.05) is 12.1 Å². The molecule has 0 amide bonds. The quantitative estimate of drug-likeness (QED) is 0.682. The van der Waals surface area contributed by atoms with Crippen molar-refractivity contribution >= 4 is 0 Å². The Balaban J connectivity index is 2.18. The van der Waals surface area contributed by atoms with Crippen LogP contribution in [0, 0.1) is 0 Å². The van der Waals surface area contributed by atoms with Gasteiger partial charge < -0.3 is 19.5 Å². The van der Waals surface area contributed by atoms with Crippen molar-refractivity contribution in [1.29, 1.82) is 0 Å². The van der Waals surface area contributed by atoms with E-state index in [-0.39, 0.29) is 0 Å². The predicted octanol–water partition coefficient (Wildman–Crippen LogP) is 1.84. The lowest BCUT2D eigenvalue weighted by Crippen LogP contribution is -2.30. The summed E-state index contributed by atoms with van der Waals surface area (Å²) < 4.78 is 15.5. The van der Waals surface area contributed by atoms with Crippen LogP contribution in [-0.2, 0) is 16.0 Å². The molecule has 1 aromatic carbocycles. The maximum atomic E-state index is 5.45. The van der Waals surface area contributed by atoms with E-state index in [1.54, 1.807) is 14.2 Å². The molecule has 1 rings (SSSR count). The molecule has 0 saturated carbocycles. The molecular formula is C14H23NO3. The largest absolute Gasteiger partial charge is 0.497 e. The lowest BCUT2D eigenvalue weighted by atomic mass is 10.2. The minimum Gasteiger partial charge on any atom is -0.497 e. The minimum atomic E-state index is 0.323. The maximum Gasteiger partial charge on any atom is 0.118 e. The Morgan fingerprint density at radius 3 is 2.44 bits per heavy atom. The fourth-order valence-corrected chi connectivity index (χ4v) is 1.50. The molecule has 0 aliphatic carbocycles. The van der Waals surface area contributed by atoms with E-state index in [9.17, 15) is 0 Å². The van der Waals surface area contributed by atoms with E-state index in [0.717, 1.165) is 12.3 Å². The summed E-state index contributed by atoms with van der Waals surface area (Å²) in [5, 5.41) is 3.41. The fraction of sp³-hybridized carbons (Fsp3) is 0.571. The number of hydrogen-bond donors (Lipinski definition) is 1. The molecule has 0 bridgehead atoms. The Labute approximate surface area is 109 Å². The molecule has 1 atom stereocenters. The molecule has 4 heteroatoms. The lowest BCUT2D eigenvalue weighted by Gasteiger charge is -2.14. The van der Waals surface area contributed by atoms with E-state index in [4.69, 9.17) is 14.2 Å². The van der Waals surface area contributed by atoms with Gasteiger partial charge in [0.1, 0.15) is 5.75 Å². The van der Waals surface area contributed by atoms with Crippen LogP contribution in [0.25, 0.3) is 0 Å². The van der Waals surface area contributed by atoms with Gasteiger partial charge in [0.05, 0.1) is 26.9 Å². The summed E-state index contributed by atoms with van der Waals surface area (Å²) in [5.41, 5.74) is 1.24. The second-order valence-electron chi connectivity index (χ2n) is 4.20. The third-order valence-corrected chi connectivity index (χ3v) is 2.61. The lowest BCUT2D eigenvalue weighted by molar-refractivity contribution is 0.0608. The Hall–Kier alpha value is -1.10. The van der Waals surface area contributed by atoms with Gasteiger partial charge in [0.25, 0.3) is 0 Å². The average Bonchev–Trinajstić information content (AvgIpc) is 2.42. The average molecular weight is 253 g/mol. The molecule has 102 valence electrons. The summed E-state index contributed by atoms with van der Waals surface area (Å²) in [7, 11) is 3.35. The molecule has 1 unspecified atom stereocenters. The summed E-state index contributed by atoms with van der Waals surface area (Å²) in [6.45, 7) is 4.92. The number of hydrogen-bond acceptors (Lipinski definition) is 4. The molecule has 0 heterocycles. The number of ether oxygens (including phenoxy) is 3. The second kappa shape index (κ2) is 8.91. The topological polar surface area (TPSA) is 39.7 Å². The van der Waals surface area contributed by atoms with Crippen LogP contribution >= 0.6 is 0 Å². The number of rotatable bonds is 9.